The topological polar surface area (TPSA) is 55.1 Å². The summed E-state index contributed by atoms with van der Waals surface area (Å²) in [6.45, 7) is 9.29. The van der Waals surface area contributed by atoms with Gasteiger partial charge in [-0.1, -0.05) is 6.07 Å². The van der Waals surface area contributed by atoms with Crippen LogP contribution in [0.25, 0.3) is 0 Å². The first-order valence-electron chi connectivity index (χ1n) is 8.48. The van der Waals surface area contributed by atoms with Gasteiger partial charge in [0.1, 0.15) is 12.3 Å². The summed E-state index contributed by atoms with van der Waals surface area (Å²) in [5.74, 6) is 0.703. The summed E-state index contributed by atoms with van der Waals surface area (Å²) in [5.41, 5.74) is 5.52. The van der Waals surface area contributed by atoms with Crippen LogP contribution in [0.5, 0.6) is 5.75 Å². The van der Waals surface area contributed by atoms with Crippen molar-refractivity contribution in [3.05, 3.63) is 51.7 Å². The molecule has 1 heterocycles. The summed E-state index contributed by atoms with van der Waals surface area (Å²) in [6.07, 6.45) is 0. The van der Waals surface area contributed by atoms with E-state index < -0.39 is 0 Å². The summed E-state index contributed by atoms with van der Waals surface area (Å²) in [4.78, 5) is 14.1. The Morgan fingerprint density at radius 3 is 2.64 bits per heavy atom. The van der Waals surface area contributed by atoms with Crippen LogP contribution < -0.4 is 15.1 Å². The van der Waals surface area contributed by atoms with E-state index in [-0.39, 0.29) is 5.91 Å². The maximum atomic E-state index is 12.0. The third-order valence-electron chi connectivity index (χ3n) is 4.21. The molecule has 2 rings (SSSR count). The number of hydrazone groups is 1. The smallest absolute Gasteiger partial charge is 0.281 e. The predicted molar refractivity (Wildman–Crippen MR) is 103 cm³/mol. The first kappa shape index (κ1) is 19.1. The van der Waals surface area contributed by atoms with E-state index in [0.717, 1.165) is 42.2 Å². The summed E-state index contributed by atoms with van der Waals surface area (Å²) in [6, 6.07) is 9.66. The fourth-order valence-corrected chi connectivity index (χ4v) is 3.19. The van der Waals surface area contributed by atoms with Crippen molar-refractivity contribution in [3.8, 4) is 5.75 Å². The van der Waals surface area contributed by atoms with Gasteiger partial charge < -0.3 is 9.64 Å². The maximum Gasteiger partial charge on any atom is 0.281 e. The Hall–Kier alpha value is -2.18. The molecular formula is C19H26N3O2S+. The Morgan fingerprint density at radius 2 is 2.04 bits per heavy atom. The van der Waals surface area contributed by atoms with Crippen molar-refractivity contribution in [2.75, 3.05) is 20.2 Å². The van der Waals surface area contributed by atoms with E-state index in [9.17, 15) is 4.79 Å². The van der Waals surface area contributed by atoms with Crippen molar-refractivity contribution >= 4 is 23.0 Å². The van der Waals surface area contributed by atoms with Gasteiger partial charge in [-0.3, -0.25) is 4.79 Å². The van der Waals surface area contributed by atoms with Crippen LogP contribution in [0.1, 0.15) is 41.6 Å². The molecule has 2 N–H and O–H groups in total. The SMILES string of the molecule is CC[NH+](CC)Cc1cc(/C(C)=N\NC(=O)c2cccs2)ccc1OC. The Labute approximate surface area is 153 Å². The number of methoxy groups -OCH3 is 1. The lowest BCUT2D eigenvalue weighted by Crippen LogP contribution is -3.10. The maximum absolute atomic E-state index is 12.0. The number of thiophene rings is 1. The summed E-state index contributed by atoms with van der Waals surface area (Å²) >= 11 is 1.40. The van der Waals surface area contributed by atoms with Crippen molar-refractivity contribution in [1.29, 1.82) is 0 Å². The summed E-state index contributed by atoms with van der Waals surface area (Å²) < 4.78 is 5.50. The van der Waals surface area contributed by atoms with Crippen LogP contribution in [-0.4, -0.2) is 31.8 Å². The summed E-state index contributed by atoms with van der Waals surface area (Å²) in [7, 11) is 1.69. The highest BCUT2D eigenvalue weighted by molar-refractivity contribution is 7.12. The van der Waals surface area contributed by atoms with Crippen molar-refractivity contribution in [2.24, 2.45) is 5.10 Å². The fraction of sp³-hybridized carbons (Fsp3) is 0.368. The monoisotopic (exact) mass is 360 g/mol. The first-order valence-corrected chi connectivity index (χ1v) is 9.35. The van der Waals surface area contributed by atoms with Crippen molar-refractivity contribution < 1.29 is 14.4 Å². The van der Waals surface area contributed by atoms with E-state index in [2.05, 4.69) is 30.4 Å². The average molecular weight is 361 g/mol. The van der Waals surface area contributed by atoms with Crippen LogP contribution in [0, 0.1) is 0 Å². The van der Waals surface area contributed by atoms with E-state index in [4.69, 9.17) is 4.74 Å². The second-order valence-electron chi connectivity index (χ2n) is 5.78. The lowest BCUT2D eigenvalue weighted by Gasteiger charge is -2.18. The molecule has 0 aliphatic rings. The Bertz CT molecular complexity index is 722. The minimum atomic E-state index is -0.185. The fourth-order valence-electron chi connectivity index (χ4n) is 2.57. The van der Waals surface area contributed by atoms with Gasteiger partial charge in [0.15, 0.2) is 0 Å². The molecule has 0 saturated carbocycles. The molecule has 0 radical (unpaired) electrons. The number of carbonyl (C=O) groups excluding carboxylic acids is 1. The quantitative estimate of drug-likeness (QED) is 0.561. The Kier molecular flexibility index (Phi) is 7.16. The highest BCUT2D eigenvalue weighted by Gasteiger charge is 2.12. The van der Waals surface area contributed by atoms with Crippen LogP contribution in [0.3, 0.4) is 0 Å². The van der Waals surface area contributed by atoms with Gasteiger partial charge in [0.05, 0.1) is 30.8 Å². The number of hydrogen-bond donors (Lipinski definition) is 2. The largest absolute Gasteiger partial charge is 0.496 e. The van der Waals surface area contributed by atoms with Gasteiger partial charge >= 0.3 is 0 Å². The molecule has 0 unspecified atom stereocenters. The third-order valence-corrected chi connectivity index (χ3v) is 5.08. The zero-order valence-electron chi connectivity index (χ0n) is 15.3. The zero-order valence-corrected chi connectivity index (χ0v) is 16.1. The molecule has 2 aromatic rings. The van der Waals surface area contributed by atoms with E-state index in [1.54, 1.807) is 13.2 Å². The predicted octanol–water partition coefficient (Wildman–Crippen LogP) is 2.34. The van der Waals surface area contributed by atoms with Gasteiger partial charge in [-0.05, 0) is 56.0 Å². The molecule has 134 valence electrons. The number of benzene rings is 1. The van der Waals surface area contributed by atoms with E-state index in [0.29, 0.717) is 4.88 Å². The molecule has 1 aromatic carbocycles. The van der Waals surface area contributed by atoms with Gasteiger partial charge in [-0.15, -0.1) is 11.3 Å². The van der Waals surface area contributed by atoms with Gasteiger partial charge in [-0.25, -0.2) is 5.43 Å². The van der Waals surface area contributed by atoms with Crippen LogP contribution in [0.2, 0.25) is 0 Å². The molecule has 25 heavy (non-hydrogen) atoms. The highest BCUT2D eigenvalue weighted by atomic mass is 32.1. The number of amides is 1. The number of rotatable bonds is 8. The van der Waals surface area contributed by atoms with Gasteiger partial charge in [0, 0.05) is 5.56 Å². The lowest BCUT2D eigenvalue weighted by atomic mass is 10.1. The molecule has 5 nitrogen and oxygen atoms in total. The second-order valence-corrected chi connectivity index (χ2v) is 6.72. The molecule has 0 saturated heterocycles. The van der Waals surface area contributed by atoms with Crippen LogP contribution in [0.15, 0.2) is 40.8 Å². The summed E-state index contributed by atoms with van der Waals surface area (Å²) in [5, 5.41) is 6.11. The molecule has 0 bridgehead atoms. The number of nitrogens with one attached hydrogen (secondary N) is 2. The molecule has 6 heteroatoms. The number of hydrogen-bond acceptors (Lipinski definition) is 4. The van der Waals surface area contributed by atoms with Crippen molar-refractivity contribution in [2.45, 2.75) is 27.3 Å². The number of quaternary nitrogens is 1. The molecule has 0 aliphatic heterocycles. The molecule has 0 spiro atoms. The van der Waals surface area contributed by atoms with Gasteiger partial charge in [0.2, 0.25) is 0 Å². The van der Waals surface area contributed by atoms with Gasteiger partial charge in [-0.2, -0.15) is 5.10 Å². The average Bonchev–Trinajstić information content (AvgIpc) is 3.18. The minimum absolute atomic E-state index is 0.185. The third kappa shape index (κ3) is 5.14. The normalized spacial score (nSPS) is 11.6. The second kappa shape index (κ2) is 9.34. The highest BCUT2D eigenvalue weighted by Crippen LogP contribution is 2.19. The minimum Gasteiger partial charge on any atom is -0.496 e. The van der Waals surface area contributed by atoms with E-state index in [1.165, 1.54) is 16.2 Å². The first-order chi connectivity index (χ1) is 12.1. The standard InChI is InChI=1S/C19H25N3O2S/c1-5-22(6-2)13-16-12-15(9-10-17(16)24-4)14(3)20-21-19(23)18-8-7-11-25-18/h7-12H,5-6,13H2,1-4H3,(H,21,23)/p+1/b20-14-. The molecular weight excluding hydrogens is 334 g/mol. The number of nitrogens with zero attached hydrogens (tertiary/aromatic N) is 1. The molecule has 1 aromatic heterocycles. The Balaban J connectivity index is 2.17. The molecule has 1 amide bonds. The van der Waals surface area contributed by atoms with Crippen LogP contribution >= 0.6 is 11.3 Å². The molecule has 0 aliphatic carbocycles. The molecule has 0 atom stereocenters. The Morgan fingerprint density at radius 1 is 1.28 bits per heavy atom. The van der Waals surface area contributed by atoms with E-state index in [1.807, 2.05) is 30.5 Å². The zero-order chi connectivity index (χ0) is 18.2. The number of ether oxygens (including phenoxy) is 1. The number of carbonyl (C=O) groups is 1. The van der Waals surface area contributed by atoms with Crippen LogP contribution in [0.4, 0.5) is 0 Å². The van der Waals surface area contributed by atoms with E-state index >= 15 is 0 Å². The molecule has 0 fully saturated rings. The lowest BCUT2D eigenvalue weighted by molar-refractivity contribution is -0.910. The van der Waals surface area contributed by atoms with Gasteiger partial charge in [0.25, 0.3) is 5.91 Å². The van der Waals surface area contributed by atoms with Crippen LogP contribution in [-0.2, 0) is 6.54 Å². The van der Waals surface area contributed by atoms with Crippen molar-refractivity contribution in [3.63, 3.8) is 0 Å². The van der Waals surface area contributed by atoms with Crippen molar-refractivity contribution in [1.82, 2.24) is 5.43 Å².